The van der Waals surface area contributed by atoms with Gasteiger partial charge in [-0.3, -0.25) is 9.36 Å². The molecule has 190 valence electrons. The van der Waals surface area contributed by atoms with Gasteiger partial charge in [0.1, 0.15) is 11.6 Å². The standard InChI is InChI=1S/C30H28N6O2/c1-21(37)20-33-30-32-15-14-27(35-30)36-17-16-31-28(36)19-22-6-5-9-26(18-22)34-29(38)25-12-10-24(11-13-25)23-7-3-2-4-8-23/h2-18,21,37H,19-20H2,1H3,(H,34,38)(H,32,33,35)/t21-/m0/s1. The van der Waals surface area contributed by atoms with E-state index >= 15 is 0 Å². The fourth-order valence-corrected chi connectivity index (χ4v) is 4.07. The smallest absolute Gasteiger partial charge is 0.255 e. The molecule has 38 heavy (non-hydrogen) atoms. The molecule has 0 aliphatic heterocycles. The maximum absolute atomic E-state index is 12.9. The molecule has 2 heterocycles. The predicted molar refractivity (Wildman–Crippen MR) is 148 cm³/mol. The first-order valence-electron chi connectivity index (χ1n) is 12.4. The van der Waals surface area contributed by atoms with Crippen LogP contribution in [0, 0.1) is 0 Å². The van der Waals surface area contributed by atoms with Gasteiger partial charge in [-0.25, -0.2) is 9.97 Å². The number of carbonyl (C=O) groups is 1. The van der Waals surface area contributed by atoms with Gasteiger partial charge < -0.3 is 15.7 Å². The third-order valence-corrected chi connectivity index (χ3v) is 5.96. The van der Waals surface area contributed by atoms with Crippen LogP contribution >= 0.6 is 0 Å². The van der Waals surface area contributed by atoms with Crippen LogP contribution in [0.1, 0.15) is 28.7 Å². The van der Waals surface area contributed by atoms with Gasteiger partial charge in [-0.05, 0) is 53.9 Å². The van der Waals surface area contributed by atoms with E-state index < -0.39 is 6.10 Å². The Bertz CT molecular complexity index is 1510. The quantitative estimate of drug-likeness (QED) is 0.262. The minimum Gasteiger partial charge on any atom is -0.392 e. The van der Waals surface area contributed by atoms with Gasteiger partial charge in [-0.2, -0.15) is 4.98 Å². The summed E-state index contributed by atoms with van der Waals surface area (Å²) < 4.78 is 1.90. The molecule has 8 nitrogen and oxygen atoms in total. The van der Waals surface area contributed by atoms with Crippen LogP contribution in [0.3, 0.4) is 0 Å². The van der Waals surface area contributed by atoms with Crippen molar-refractivity contribution in [1.29, 1.82) is 0 Å². The van der Waals surface area contributed by atoms with Crippen LogP contribution in [0.25, 0.3) is 16.9 Å². The summed E-state index contributed by atoms with van der Waals surface area (Å²) >= 11 is 0. The molecule has 0 saturated carbocycles. The van der Waals surface area contributed by atoms with Gasteiger partial charge in [0, 0.05) is 42.8 Å². The molecule has 2 aromatic heterocycles. The number of aliphatic hydroxyl groups excluding tert-OH is 1. The fourth-order valence-electron chi connectivity index (χ4n) is 4.07. The normalized spacial score (nSPS) is 11.6. The van der Waals surface area contributed by atoms with E-state index in [1.165, 1.54) is 0 Å². The Kier molecular flexibility index (Phi) is 7.52. The van der Waals surface area contributed by atoms with Crippen molar-refractivity contribution in [1.82, 2.24) is 19.5 Å². The van der Waals surface area contributed by atoms with Crippen LogP contribution in [-0.4, -0.2) is 43.2 Å². The summed E-state index contributed by atoms with van der Waals surface area (Å²) in [6, 6.07) is 27.2. The van der Waals surface area contributed by atoms with E-state index in [0.29, 0.717) is 36.0 Å². The highest BCUT2D eigenvalue weighted by atomic mass is 16.3. The molecule has 0 saturated heterocycles. The summed E-state index contributed by atoms with van der Waals surface area (Å²) in [7, 11) is 0. The number of aliphatic hydroxyl groups is 1. The van der Waals surface area contributed by atoms with Crippen LogP contribution in [0.2, 0.25) is 0 Å². The third-order valence-electron chi connectivity index (χ3n) is 5.96. The van der Waals surface area contributed by atoms with Crippen molar-refractivity contribution in [3.63, 3.8) is 0 Å². The number of carbonyl (C=O) groups excluding carboxylic acids is 1. The van der Waals surface area contributed by atoms with Gasteiger partial charge >= 0.3 is 0 Å². The van der Waals surface area contributed by atoms with E-state index in [9.17, 15) is 9.90 Å². The van der Waals surface area contributed by atoms with Gasteiger partial charge in [0.05, 0.1) is 6.10 Å². The second-order valence-electron chi connectivity index (χ2n) is 8.96. The second-order valence-corrected chi connectivity index (χ2v) is 8.96. The van der Waals surface area contributed by atoms with E-state index in [2.05, 4.69) is 25.6 Å². The molecule has 0 bridgehead atoms. The Morgan fingerprint density at radius 2 is 1.71 bits per heavy atom. The number of rotatable bonds is 9. The molecule has 5 rings (SSSR count). The minimum atomic E-state index is -0.507. The molecule has 1 amide bonds. The molecule has 5 aromatic rings. The van der Waals surface area contributed by atoms with Gasteiger partial charge in [0.25, 0.3) is 5.91 Å². The Hall–Kier alpha value is -4.82. The van der Waals surface area contributed by atoms with Crippen LogP contribution < -0.4 is 10.6 Å². The lowest BCUT2D eigenvalue weighted by Gasteiger charge is -2.11. The predicted octanol–water partition coefficient (Wildman–Crippen LogP) is 4.97. The molecular weight excluding hydrogens is 476 g/mol. The van der Waals surface area contributed by atoms with Crippen molar-refractivity contribution in [2.24, 2.45) is 0 Å². The second kappa shape index (κ2) is 11.5. The van der Waals surface area contributed by atoms with Crippen molar-refractivity contribution >= 4 is 17.5 Å². The Morgan fingerprint density at radius 3 is 2.50 bits per heavy atom. The van der Waals surface area contributed by atoms with Crippen molar-refractivity contribution in [2.75, 3.05) is 17.2 Å². The zero-order valence-corrected chi connectivity index (χ0v) is 21.0. The molecule has 0 unspecified atom stereocenters. The van der Waals surface area contributed by atoms with E-state index in [1.807, 2.05) is 89.6 Å². The summed E-state index contributed by atoms with van der Waals surface area (Å²) in [6.45, 7) is 2.05. The van der Waals surface area contributed by atoms with Crippen molar-refractivity contribution in [3.05, 3.63) is 120 Å². The van der Waals surface area contributed by atoms with Crippen LogP contribution in [-0.2, 0) is 6.42 Å². The SMILES string of the molecule is C[C@H](O)CNc1nccc(-n2ccnc2Cc2cccc(NC(=O)c3ccc(-c4ccccc4)cc3)c2)n1. The zero-order chi connectivity index (χ0) is 26.3. The molecule has 0 aliphatic carbocycles. The number of nitrogens with one attached hydrogen (secondary N) is 2. The maximum atomic E-state index is 12.9. The topological polar surface area (TPSA) is 105 Å². The lowest BCUT2D eigenvalue weighted by Crippen LogP contribution is -2.17. The number of hydrogen-bond acceptors (Lipinski definition) is 6. The average Bonchev–Trinajstić information content (AvgIpc) is 3.41. The molecule has 3 N–H and O–H groups in total. The van der Waals surface area contributed by atoms with E-state index in [4.69, 9.17) is 0 Å². The lowest BCUT2D eigenvalue weighted by molar-refractivity contribution is 0.102. The summed E-state index contributed by atoms with van der Waals surface area (Å²) in [4.78, 5) is 26.2. The molecule has 1 atom stereocenters. The number of imidazole rings is 1. The number of benzene rings is 3. The molecular formula is C30H28N6O2. The van der Waals surface area contributed by atoms with E-state index in [1.54, 1.807) is 25.4 Å². The number of nitrogens with zero attached hydrogens (tertiary/aromatic N) is 4. The highest BCUT2D eigenvalue weighted by Crippen LogP contribution is 2.21. The first-order chi connectivity index (χ1) is 18.5. The van der Waals surface area contributed by atoms with Crippen molar-refractivity contribution in [3.8, 4) is 16.9 Å². The summed E-state index contributed by atoms with van der Waals surface area (Å²) in [6.07, 6.45) is 5.28. The highest BCUT2D eigenvalue weighted by Gasteiger charge is 2.11. The number of amides is 1. The largest absolute Gasteiger partial charge is 0.392 e. The van der Waals surface area contributed by atoms with E-state index in [0.717, 1.165) is 22.5 Å². The monoisotopic (exact) mass is 504 g/mol. The molecule has 3 aromatic carbocycles. The van der Waals surface area contributed by atoms with Crippen LogP contribution in [0.15, 0.2) is 104 Å². The van der Waals surface area contributed by atoms with Crippen molar-refractivity contribution < 1.29 is 9.90 Å². The summed E-state index contributed by atoms with van der Waals surface area (Å²) in [5.41, 5.74) is 4.48. The lowest BCUT2D eigenvalue weighted by atomic mass is 10.0. The summed E-state index contributed by atoms with van der Waals surface area (Å²) in [5, 5.41) is 15.5. The minimum absolute atomic E-state index is 0.165. The first-order valence-corrected chi connectivity index (χ1v) is 12.4. The molecule has 0 radical (unpaired) electrons. The Balaban J connectivity index is 1.27. The van der Waals surface area contributed by atoms with Crippen LogP contribution in [0.5, 0.6) is 0 Å². The summed E-state index contributed by atoms with van der Waals surface area (Å²) in [5.74, 6) is 1.74. The molecule has 0 aliphatic rings. The molecule has 8 heteroatoms. The van der Waals surface area contributed by atoms with Crippen LogP contribution in [0.4, 0.5) is 11.6 Å². The van der Waals surface area contributed by atoms with E-state index in [-0.39, 0.29) is 5.91 Å². The molecule has 0 fully saturated rings. The zero-order valence-electron chi connectivity index (χ0n) is 21.0. The van der Waals surface area contributed by atoms with Gasteiger partial charge in [0.15, 0.2) is 0 Å². The fraction of sp³-hybridized carbons (Fsp3) is 0.133. The van der Waals surface area contributed by atoms with Gasteiger partial charge in [-0.15, -0.1) is 0 Å². The number of anilines is 2. The maximum Gasteiger partial charge on any atom is 0.255 e. The highest BCUT2D eigenvalue weighted by molar-refractivity contribution is 6.04. The van der Waals surface area contributed by atoms with Gasteiger partial charge in [-0.1, -0.05) is 54.6 Å². The third kappa shape index (κ3) is 6.11. The Morgan fingerprint density at radius 1 is 0.921 bits per heavy atom. The molecule has 0 spiro atoms. The van der Waals surface area contributed by atoms with Gasteiger partial charge in [0.2, 0.25) is 5.95 Å². The first kappa shape index (κ1) is 24.9. The van der Waals surface area contributed by atoms with Crippen molar-refractivity contribution in [2.45, 2.75) is 19.4 Å². The number of aromatic nitrogens is 4. The number of hydrogen-bond donors (Lipinski definition) is 3. The average molecular weight is 505 g/mol. The Labute approximate surface area is 221 Å².